The maximum Gasteiger partial charge on any atom is 0.285 e. The molecule has 0 saturated heterocycles. The standard InChI is InChI=1S/C20H20ClN3O5S/c21-14-4-1-5-15(12-14)24-18(19-8-3-9-29-19)13-17(22-24)20(25)23-30(26,27)11-10-28-16-6-2-7-16/h1,3-5,8-9,12-13,16H,2,6-7,10-11H2,(H,23,25). The average molecular weight is 450 g/mol. The summed E-state index contributed by atoms with van der Waals surface area (Å²) in [6.45, 7) is 0.0435. The van der Waals surface area contributed by atoms with Gasteiger partial charge >= 0.3 is 0 Å². The Labute approximate surface area is 178 Å². The highest BCUT2D eigenvalue weighted by Gasteiger charge is 2.23. The van der Waals surface area contributed by atoms with E-state index in [1.165, 1.54) is 17.0 Å². The first-order valence-electron chi connectivity index (χ1n) is 9.47. The summed E-state index contributed by atoms with van der Waals surface area (Å²) < 4.78 is 38.9. The van der Waals surface area contributed by atoms with E-state index in [0.29, 0.717) is 22.2 Å². The van der Waals surface area contributed by atoms with E-state index in [1.54, 1.807) is 36.4 Å². The predicted molar refractivity (Wildman–Crippen MR) is 111 cm³/mol. The zero-order valence-corrected chi connectivity index (χ0v) is 17.5. The number of carbonyl (C=O) groups excluding carboxylic acids is 1. The maximum atomic E-state index is 12.6. The average Bonchev–Trinajstić information content (AvgIpc) is 3.32. The van der Waals surface area contributed by atoms with Gasteiger partial charge in [0.25, 0.3) is 5.91 Å². The highest BCUT2D eigenvalue weighted by Crippen LogP contribution is 2.26. The van der Waals surface area contributed by atoms with Crippen LogP contribution in [-0.2, 0) is 14.8 Å². The molecule has 30 heavy (non-hydrogen) atoms. The zero-order chi connectivity index (χ0) is 21.1. The first-order valence-corrected chi connectivity index (χ1v) is 11.5. The van der Waals surface area contributed by atoms with E-state index in [2.05, 4.69) is 9.82 Å². The van der Waals surface area contributed by atoms with Crippen LogP contribution in [0.3, 0.4) is 0 Å². The molecule has 0 spiro atoms. The number of halogens is 1. The van der Waals surface area contributed by atoms with Crippen molar-refractivity contribution in [1.29, 1.82) is 0 Å². The van der Waals surface area contributed by atoms with Gasteiger partial charge in [-0.3, -0.25) is 4.79 Å². The van der Waals surface area contributed by atoms with Crippen molar-refractivity contribution in [3.63, 3.8) is 0 Å². The summed E-state index contributed by atoms with van der Waals surface area (Å²) >= 11 is 6.08. The lowest BCUT2D eigenvalue weighted by molar-refractivity contribution is 0.0109. The van der Waals surface area contributed by atoms with Crippen molar-refractivity contribution in [2.75, 3.05) is 12.4 Å². The third-order valence-electron chi connectivity index (χ3n) is 4.77. The number of amides is 1. The molecule has 1 aliphatic rings. The minimum absolute atomic E-state index is 0.0435. The number of nitrogens with one attached hydrogen (secondary N) is 1. The summed E-state index contributed by atoms with van der Waals surface area (Å²) in [6.07, 6.45) is 4.62. The fourth-order valence-corrected chi connectivity index (χ4v) is 3.99. The smallest absolute Gasteiger partial charge is 0.285 e. The van der Waals surface area contributed by atoms with Gasteiger partial charge in [-0.25, -0.2) is 17.8 Å². The number of furan rings is 1. The molecule has 8 nitrogen and oxygen atoms in total. The molecular weight excluding hydrogens is 430 g/mol. The normalized spacial score (nSPS) is 14.4. The molecule has 0 aliphatic heterocycles. The lowest BCUT2D eigenvalue weighted by Gasteiger charge is -2.25. The number of aromatic nitrogens is 2. The lowest BCUT2D eigenvalue weighted by atomic mass is 9.96. The number of hydrogen-bond donors (Lipinski definition) is 1. The Morgan fingerprint density at radius 3 is 2.77 bits per heavy atom. The first-order chi connectivity index (χ1) is 14.4. The van der Waals surface area contributed by atoms with Crippen LogP contribution < -0.4 is 4.72 Å². The summed E-state index contributed by atoms with van der Waals surface area (Å²) in [4.78, 5) is 12.6. The molecule has 2 aromatic heterocycles. The molecule has 2 heterocycles. The molecule has 0 radical (unpaired) electrons. The van der Waals surface area contributed by atoms with Crippen LogP contribution in [0.4, 0.5) is 0 Å². The Bertz CT molecular complexity index is 1140. The molecule has 0 unspecified atom stereocenters. The largest absolute Gasteiger partial charge is 0.463 e. The molecule has 1 fully saturated rings. The lowest BCUT2D eigenvalue weighted by Crippen LogP contribution is -2.35. The van der Waals surface area contributed by atoms with Crippen LogP contribution in [0.15, 0.2) is 53.1 Å². The molecule has 0 bridgehead atoms. The number of ether oxygens (including phenoxy) is 1. The molecule has 1 amide bonds. The minimum atomic E-state index is -3.86. The molecule has 10 heteroatoms. The zero-order valence-electron chi connectivity index (χ0n) is 16.0. The van der Waals surface area contributed by atoms with E-state index >= 15 is 0 Å². The highest BCUT2D eigenvalue weighted by molar-refractivity contribution is 7.90. The van der Waals surface area contributed by atoms with Gasteiger partial charge < -0.3 is 9.15 Å². The monoisotopic (exact) mass is 449 g/mol. The van der Waals surface area contributed by atoms with Gasteiger partial charge in [0.2, 0.25) is 10.0 Å². The van der Waals surface area contributed by atoms with E-state index in [4.69, 9.17) is 20.8 Å². The fraction of sp³-hybridized carbons (Fsp3) is 0.300. The van der Waals surface area contributed by atoms with Crippen molar-refractivity contribution in [2.45, 2.75) is 25.4 Å². The highest BCUT2D eigenvalue weighted by atomic mass is 35.5. The van der Waals surface area contributed by atoms with Gasteiger partial charge in [-0.2, -0.15) is 5.10 Å². The quantitative estimate of drug-likeness (QED) is 0.565. The number of carbonyl (C=O) groups is 1. The van der Waals surface area contributed by atoms with Gasteiger partial charge in [0, 0.05) is 11.1 Å². The van der Waals surface area contributed by atoms with Crippen molar-refractivity contribution in [1.82, 2.24) is 14.5 Å². The van der Waals surface area contributed by atoms with Crippen molar-refractivity contribution in [3.8, 4) is 17.1 Å². The number of hydrogen-bond acceptors (Lipinski definition) is 6. The third kappa shape index (κ3) is 4.75. The van der Waals surface area contributed by atoms with Crippen molar-refractivity contribution < 1.29 is 22.4 Å². The predicted octanol–water partition coefficient (Wildman–Crippen LogP) is 3.41. The summed E-state index contributed by atoms with van der Waals surface area (Å²) in [6, 6.07) is 11.8. The number of nitrogens with zero attached hydrogens (tertiary/aromatic N) is 2. The van der Waals surface area contributed by atoms with Crippen LogP contribution in [0.25, 0.3) is 17.1 Å². The van der Waals surface area contributed by atoms with E-state index in [0.717, 1.165) is 19.3 Å². The van der Waals surface area contributed by atoms with Crippen LogP contribution in [-0.4, -0.2) is 42.6 Å². The van der Waals surface area contributed by atoms with Crippen molar-refractivity contribution >= 4 is 27.5 Å². The van der Waals surface area contributed by atoms with Crippen molar-refractivity contribution in [3.05, 3.63) is 59.4 Å². The summed E-state index contributed by atoms with van der Waals surface area (Å²) in [7, 11) is -3.86. The van der Waals surface area contributed by atoms with E-state index in [1.807, 2.05) is 0 Å². The molecule has 3 aromatic rings. The van der Waals surface area contributed by atoms with Gasteiger partial charge in [-0.05, 0) is 49.6 Å². The summed E-state index contributed by atoms with van der Waals surface area (Å²) in [5, 5.41) is 4.78. The van der Waals surface area contributed by atoms with Crippen LogP contribution in [0, 0.1) is 0 Å². The Hall–Kier alpha value is -2.62. The van der Waals surface area contributed by atoms with Crippen LogP contribution >= 0.6 is 11.6 Å². The summed E-state index contributed by atoms with van der Waals surface area (Å²) in [5.74, 6) is -0.652. The van der Waals surface area contributed by atoms with Crippen molar-refractivity contribution in [2.24, 2.45) is 0 Å². The number of rotatable bonds is 8. The molecular formula is C20H20ClN3O5S. The van der Waals surface area contributed by atoms with Gasteiger partial charge in [-0.15, -0.1) is 0 Å². The van der Waals surface area contributed by atoms with Gasteiger partial charge in [0.05, 0.1) is 30.4 Å². The molecule has 4 rings (SSSR count). The van der Waals surface area contributed by atoms with Crippen LogP contribution in [0.1, 0.15) is 29.8 Å². The Morgan fingerprint density at radius 1 is 1.27 bits per heavy atom. The van der Waals surface area contributed by atoms with Gasteiger partial charge in [0.15, 0.2) is 11.5 Å². The maximum absolute atomic E-state index is 12.6. The third-order valence-corrected chi connectivity index (χ3v) is 6.21. The Morgan fingerprint density at radius 2 is 2.10 bits per heavy atom. The molecule has 1 aromatic carbocycles. The first kappa shape index (κ1) is 20.6. The minimum Gasteiger partial charge on any atom is -0.463 e. The summed E-state index contributed by atoms with van der Waals surface area (Å²) in [5.41, 5.74) is 1.02. The second-order valence-electron chi connectivity index (χ2n) is 6.96. The molecule has 1 N–H and O–H groups in total. The second kappa shape index (κ2) is 8.63. The second-order valence-corrected chi connectivity index (χ2v) is 9.24. The van der Waals surface area contributed by atoms with Crippen LogP contribution in [0.2, 0.25) is 5.02 Å². The van der Waals surface area contributed by atoms with Crippen LogP contribution in [0.5, 0.6) is 0 Å². The van der Waals surface area contributed by atoms with Gasteiger partial charge in [-0.1, -0.05) is 17.7 Å². The van der Waals surface area contributed by atoms with E-state index in [-0.39, 0.29) is 24.2 Å². The van der Waals surface area contributed by atoms with Gasteiger partial charge in [0.1, 0.15) is 5.69 Å². The molecule has 1 aliphatic carbocycles. The SMILES string of the molecule is O=C(NS(=O)(=O)CCOC1CCC1)c1cc(-c2ccco2)n(-c2cccc(Cl)c2)n1. The molecule has 158 valence electrons. The topological polar surface area (TPSA) is 103 Å². The number of benzene rings is 1. The number of sulfonamides is 1. The Kier molecular flexibility index (Phi) is 5.94. The van der Waals surface area contributed by atoms with E-state index < -0.39 is 15.9 Å². The van der Waals surface area contributed by atoms with E-state index in [9.17, 15) is 13.2 Å². The Balaban J connectivity index is 1.54. The molecule has 1 saturated carbocycles. The molecule has 0 atom stereocenters. The fourth-order valence-electron chi connectivity index (χ4n) is 3.00.